The van der Waals surface area contributed by atoms with Gasteiger partial charge in [0, 0.05) is 24.2 Å². The molecule has 0 bridgehead atoms. The highest BCUT2D eigenvalue weighted by atomic mass is 19.1. The van der Waals surface area contributed by atoms with Crippen molar-refractivity contribution in [1.29, 1.82) is 5.26 Å². The standard InChI is InChI=1S/C23H29FN6O3/c1-23(2,3)33-22(32)29-9-8-18(17(24)13-29)27-21-26-12-15-10-14(11-25)20(31)30(19(15)28-21)16-6-4-5-7-16/h10,12,16-18H,4-9,13H2,1-3H3,(H,26,27,28). The molecule has 1 amide bonds. The fraction of sp³-hybridized carbons (Fsp3) is 0.609. The Labute approximate surface area is 191 Å². The van der Waals surface area contributed by atoms with Crippen molar-refractivity contribution in [3.05, 3.63) is 28.2 Å². The van der Waals surface area contributed by atoms with Crippen molar-refractivity contribution in [1.82, 2.24) is 19.4 Å². The fourth-order valence-electron chi connectivity index (χ4n) is 4.50. The van der Waals surface area contributed by atoms with Crippen LogP contribution in [0.2, 0.25) is 0 Å². The molecule has 2 fully saturated rings. The van der Waals surface area contributed by atoms with Gasteiger partial charge < -0.3 is 15.0 Å². The van der Waals surface area contributed by atoms with Crippen LogP contribution in [-0.2, 0) is 4.74 Å². The highest BCUT2D eigenvalue weighted by Crippen LogP contribution is 2.31. The minimum atomic E-state index is -1.33. The van der Waals surface area contributed by atoms with Crippen molar-refractivity contribution in [2.24, 2.45) is 0 Å². The fourth-order valence-corrected chi connectivity index (χ4v) is 4.50. The predicted octanol–water partition coefficient (Wildman–Crippen LogP) is 3.54. The molecule has 176 valence electrons. The second-order valence-corrected chi connectivity index (χ2v) is 9.74. The van der Waals surface area contributed by atoms with Crippen molar-refractivity contribution in [2.45, 2.75) is 76.7 Å². The molecule has 0 spiro atoms. The first-order valence-electron chi connectivity index (χ1n) is 11.4. The van der Waals surface area contributed by atoms with E-state index in [1.54, 1.807) is 31.5 Å². The van der Waals surface area contributed by atoms with Crippen LogP contribution in [0.15, 0.2) is 17.1 Å². The number of nitriles is 1. The molecule has 9 nitrogen and oxygen atoms in total. The lowest BCUT2D eigenvalue weighted by Crippen LogP contribution is -2.51. The van der Waals surface area contributed by atoms with Crippen molar-refractivity contribution in [3.63, 3.8) is 0 Å². The number of rotatable bonds is 3. The number of halogens is 1. The lowest BCUT2D eigenvalue weighted by molar-refractivity contribution is 0.0125. The predicted molar refractivity (Wildman–Crippen MR) is 121 cm³/mol. The number of alkyl halides is 1. The summed E-state index contributed by atoms with van der Waals surface area (Å²) in [6.45, 7) is 5.58. The molecule has 0 radical (unpaired) electrons. The maximum absolute atomic E-state index is 14.9. The molecule has 4 rings (SSSR count). The molecule has 2 atom stereocenters. The van der Waals surface area contributed by atoms with E-state index in [9.17, 15) is 19.2 Å². The van der Waals surface area contributed by atoms with Gasteiger partial charge in [-0.15, -0.1) is 0 Å². The van der Waals surface area contributed by atoms with E-state index in [2.05, 4.69) is 15.3 Å². The Kier molecular flexibility index (Phi) is 6.23. The first kappa shape index (κ1) is 23.0. The summed E-state index contributed by atoms with van der Waals surface area (Å²) >= 11 is 0. The van der Waals surface area contributed by atoms with E-state index in [4.69, 9.17) is 4.74 Å². The second kappa shape index (κ2) is 8.96. The van der Waals surface area contributed by atoms with Gasteiger partial charge >= 0.3 is 6.09 Å². The van der Waals surface area contributed by atoms with Gasteiger partial charge in [-0.25, -0.2) is 14.2 Å². The number of ether oxygens (including phenoxy) is 1. The number of likely N-dealkylation sites (tertiary alicyclic amines) is 1. The molecule has 1 aliphatic heterocycles. The molecule has 1 saturated heterocycles. The summed E-state index contributed by atoms with van der Waals surface area (Å²) in [4.78, 5) is 35.4. The van der Waals surface area contributed by atoms with Gasteiger partial charge in [0.2, 0.25) is 5.95 Å². The van der Waals surface area contributed by atoms with E-state index in [1.165, 1.54) is 11.0 Å². The van der Waals surface area contributed by atoms with Crippen LogP contribution >= 0.6 is 0 Å². The molecule has 2 aromatic heterocycles. The molecule has 3 heterocycles. The van der Waals surface area contributed by atoms with Gasteiger partial charge in [-0.2, -0.15) is 10.2 Å². The Hall–Kier alpha value is -3.22. The van der Waals surface area contributed by atoms with E-state index in [1.807, 2.05) is 6.07 Å². The van der Waals surface area contributed by atoms with Crippen LogP contribution in [0.5, 0.6) is 0 Å². The number of pyridine rings is 1. The van der Waals surface area contributed by atoms with Crippen LogP contribution in [0.3, 0.4) is 0 Å². The molecule has 33 heavy (non-hydrogen) atoms. The topological polar surface area (TPSA) is 113 Å². The maximum Gasteiger partial charge on any atom is 0.410 e. The molecular weight excluding hydrogens is 427 g/mol. The molecule has 1 aliphatic carbocycles. The molecule has 10 heteroatoms. The normalized spacial score (nSPS) is 21.7. The van der Waals surface area contributed by atoms with Crippen LogP contribution in [-0.4, -0.2) is 56.4 Å². The van der Waals surface area contributed by atoms with Crippen LogP contribution < -0.4 is 10.9 Å². The summed E-state index contributed by atoms with van der Waals surface area (Å²) in [5.74, 6) is 0.219. The zero-order valence-corrected chi connectivity index (χ0v) is 19.2. The van der Waals surface area contributed by atoms with E-state index in [0.717, 1.165) is 25.7 Å². The Morgan fingerprint density at radius 2 is 2.03 bits per heavy atom. The molecule has 2 aromatic rings. The lowest BCUT2D eigenvalue weighted by Gasteiger charge is -2.35. The van der Waals surface area contributed by atoms with Gasteiger partial charge in [0.05, 0.1) is 12.6 Å². The summed E-state index contributed by atoms with van der Waals surface area (Å²) < 4.78 is 21.9. The van der Waals surface area contributed by atoms with Gasteiger partial charge in [0.25, 0.3) is 5.56 Å². The minimum Gasteiger partial charge on any atom is -0.444 e. The maximum atomic E-state index is 14.9. The Bertz CT molecular complexity index is 1150. The number of aromatic nitrogens is 3. The number of nitrogens with one attached hydrogen (secondary N) is 1. The number of carbonyl (C=O) groups excluding carboxylic acids is 1. The van der Waals surface area contributed by atoms with Crippen LogP contribution in [0.4, 0.5) is 15.1 Å². The third-order valence-corrected chi connectivity index (χ3v) is 6.09. The number of fused-ring (bicyclic) bond motifs is 1. The number of amides is 1. The first-order chi connectivity index (χ1) is 15.7. The largest absolute Gasteiger partial charge is 0.444 e. The van der Waals surface area contributed by atoms with Gasteiger partial charge in [-0.3, -0.25) is 9.36 Å². The number of anilines is 1. The molecule has 1 N–H and O–H groups in total. The summed E-state index contributed by atoms with van der Waals surface area (Å²) in [5, 5.41) is 13.0. The Morgan fingerprint density at radius 3 is 2.67 bits per heavy atom. The van der Waals surface area contributed by atoms with Gasteiger partial charge in [0.1, 0.15) is 29.1 Å². The SMILES string of the molecule is CC(C)(C)OC(=O)N1CCC(Nc2ncc3cc(C#N)c(=O)n(C4CCCC4)c3n2)C(F)C1. The third-order valence-electron chi connectivity index (χ3n) is 6.09. The molecule has 2 aliphatic rings. The molecule has 1 saturated carbocycles. The Balaban J connectivity index is 1.55. The van der Waals surface area contributed by atoms with Crippen LogP contribution in [0.25, 0.3) is 11.0 Å². The lowest BCUT2D eigenvalue weighted by atomic mass is 10.0. The van der Waals surface area contributed by atoms with Crippen molar-refractivity contribution in [2.75, 3.05) is 18.4 Å². The zero-order chi connectivity index (χ0) is 23.8. The average molecular weight is 457 g/mol. The smallest absolute Gasteiger partial charge is 0.410 e. The van der Waals surface area contributed by atoms with Gasteiger partial charge in [-0.05, 0) is 46.1 Å². The van der Waals surface area contributed by atoms with Crippen molar-refractivity contribution in [3.8, 4) is 6.07 Å². The summed E-state index contributed by atoms with van der Waals surface area (Å²) in [5.41, 5.74) is -0.477. The first-order valence-corrected chi connectivity index (χ1v) is 11.4. The summed E-state index contributed by atoms with van der Waals surface area (Å²) in [6, 6.07) is 2.88. The van der Waals surface area contributed by atoms with Gasteiger partial charge in [-0.1, -0.05) is 12.8 Å². The number of hydrogen-bond acceptors (Lipinski definition) is 7. The van der Waals surface area contributed by atoms with Crippen LogP contribution in [0.1, 0.15) is 64.5 Å². The highest BCUT2D eigenvalue weighted by Gasteiger charge is 2.34. The number of piperidine rings is 1. The monoisotopic (exact) mass is 456 g/mol. The number of nitrogens with zero attached hydrogens (tertiary/aromatic N) is 5. The van der Waals surface area contributed by atoms with Crippen molar-refractivity contribution >= 4 is 23.1 Å². The summed E-state index contributed by atoms with van der Waals surface area (Å²) in [6.07, 6.45) is 3.81. The van der Waals surface area contributed by atoms with Crippen molar-refractivity contribution < 1.29 is 13.9 Å². The second-order valence-electron chi connectivity index (χ2n) is 9.74. The van der Waals surface area contributed by atoms with E-state index < -0.39 is 23.9 Å². The van der Waals surface area contributed by atoms with Crippen LogP contribution in [0, 0.1) is 11.3 Å². The quantitative estimate of drug-likeness (QED) is 0.751. The molecule has 2 unspecified atom stereocenters. The molecule has 0 aromatic carbocycles. The highest BCUT2D eigenvalue weighted by molar-refractivity contribution is 5.77. The third kappa shape index (κ3) is 4.92. The molecular formula is C23H29FN6O3. The van der Waals surface area contributed by atoms with E-state index in [-0.39, 0.29) is 29.7 Å². The number of carbonyl (C=O) groups is 1. The Morgan fingerprint density at radius 1 is 1.30 bits per heavy atom. The van der Waals surface area contributed by atoms with E-state index >= 15 is 0 Å². The average Bonchev–Trinajstić information content (AvgIpc) is 3.28. The van der Waals surface area contributed by atoms with E-state index in [0.29, 0.717) is 24.0 Å². The minimum absolute atomic E-state index is 0.0120. The van der Waals surface area contributed by atoms with Gasteiger partial charge in [0.15, 0.2) is 0 Å². The summed E-state index contributed by atoms with van der Waals surface area (Å²) in [7, 11) is 0. The number of hydrogen-bond donors (Lipinski definition) is 1. The zero-order valence-electron chi connectivity index (χ0n) is 19.2.